The molecule has 0 amide bonds. The highest BCUT2D eigenvalue weighted by Crippen LogP contribution is 2.22. The smallest absolute Gasteiger partial charge is 0.137 e. The maximum absolute atomic E-state index is 13.6. The molecule has 0 bridgehead atoms. The Morgan fingerprint density at radius 2 is 1.84 bits per heavy atom. The fourth-order valence-corrected chi connectivity index (χ4v) is 2.58. The second-order valence-corrected chi connectivity index (χ2v) is 5.22. The molecule has 0 radical (unpaired) electrons. The summed E-state index contributed by atoms with van der Waals surface area (Å²) < 4.78 is 29.1. The molecule has 19 heavy (non-hydrogen) atoms. The van der Waals surface area contributed by atoms with E-state index in [0.717, 1.165) is 11.1 Å². The second-order valence-electron chi connectivity index (χ2n) is 4.36. The molecule has 0 saturated carbocycles. The van der Waals surface area contributed by atoms with Crippen molar-refractivity contribution in [3.8, 4) is 0 Å². The minimum absolute atomic E-state index is 0.225. The molecule has 2 aromatic carbocycles. The van der Waals surface area contributed by atoms with Gasteiger partial charge in [0.05, 0.1) is 9.99 Å². The van der Waals surface area contributed by atoms with Gasteiger partial charge in [0.25, 0.3) is 0 Å². The molecule has 0 saturated heterocycles. The molecule has 0 aliphatic carbocycles. The first kappa shape index (κ1) is 12.4. The molecule has 0 fully saturated rings. The second kappa shape index (κ2) is 4.78. The molecule has 0 aliphatic rings. The van der Waals surface area contributed by atoms with Gasteiger partial charge in [-0.15, -0.1) is 0 Å². The number of nitrogens with zero attached hydrogens (tertiary/aromatic N) is 1. The summed E-state index contributed by atoms with van der Waals surface area (Å²) in [6.07, 6.45) is 1.84. The Hall–Kier alpha value is -1.68. The first-order valence-electron chi connectivity index (χ1n) is 5.82. The highest BCUT2D eigenvalue weighted by atomic mass is 79.9. The van der Waals surface area contributed by atoms with Crippen LogP contribution in [-0.4, -0.2) is 4.57 Å². The normalized spacial score (nSPS) is 11.1. The Morgan fingerprint density at radius 1 is 1.00 bits per heavy atom. The standard InChI is InChI=1S/C15H10BrF2N/c16-12-8-10(4-5-14(12)18)9-19-7-6-11-13(17)2-1-3-15(11)19/h1-8H,9H2. The van der Waals surface area contributed by atoms with Crippen LogP contribution < -0.4 is 0 Å². The predicted octanol–water partition coefficient (Wildman–Crippen LogP) is 4.73. The number of hydrogen-bond donors (Lipinski definition) is 0. The summed E-state index contributed by atoms with van der Waals surface area (Å²) >= 11 is 3.17. The van der Waals surface area contributed by atoms with Crippen molar-refractivity contribution in [1.82, 2.24) is 4.57 Å². The summed E-state index contributed by atoms with van der Waals surface area (Å²) in [4.78, 5) is 0. The van der Waals surface area contributed by atoms with E-state index >= 15 is 0 Å². The van der Waals surface area contributed by atoms with Crippen LogP contribution in [-0.2, 0) is 6.54 Å². The lowest BCUT2D eigenvalue weighted by Gasteiger charge is -2.07. The van der Waals surface area contributed by atoms with E-state index in [1.807, 2.05) is 16.8 Å². The van der Waals surface area contributed by atoms with E-state index in [9.17, 15) is 8.78 Å². The fourth-order valence-electron chi connectivity index (χ4n) is 2.16. The molecule has 1 heterocycles. The minimum Gasteiger partial charge on any atom is -0.343 e. The topological polar surface area (TPSA) is 4.93 Å². The quantitative estimate of drug-likeness (QED) is 0.643. The molecule has 3 aromatic rings. The van der Waals surface area contributed by atoms with Crippen molar-refractivity contribution in [2.24, 2.45) is 0 Å². The van der Waals surface area contributed by atoms with Crippen LogP contribution in [0.4, 0.5) is 8.78 Å². The maximum Gasteiger partial charge on any atom is 0.137 e. The van der Waals surface area contributed by atoms with E-state index in [0.29, 0.717) is 16.4 Å². The van der Waals surface area contributed by atoms with Crippen LogP contribution in [0.2, 0.25) is 0 Å². The molecule has 3 rings (SSSR count). The van der Waals surface area contributed by atoms with E-state index in [1.54, 1.807) is 24.3 Å². The number of halogens is 3. The summed E-state index contributed by atoms with van der Waals surface area (Å²) in [5.74, 6) is -0.510. The van der Waals surface area contributed by atoms with Gasteiger partial charge in [-0.2, -0.15) is 0 Å². The van der Waals surface area contributed by atoms with E-state index in [4.69, 9.17) is 0 Å². The Bertz CT molecular complexity index is 749. The molecular weight excluding hydrogens is 312 g/mol. The molecule has 0 aliphatic heterocycles. The Kier molecular flexibility index (Phi) is 3.11. The molecule has 4 heteroatoms. The molecular formula is C15H10BrF2N. The van der Waals surface area contributed by atoms with Crippen molar-refractivity contribution in [2.45, 2.75) is 6.54 Å². The van der Waals surface area contributed by atoms with Gasteiger partial charge in [-0.1, -0.05) is 12.1 Å². The lowest BCUT2D eigenvalue weighted by atomic mass is 10.2. The lowest BCUT2D eigenvalue weighted by molar-refractivity contribution is 0.619. The van der Waals surface area contributed by atoms with Crippen molar-refractivity contribution < 1.29 is 8.78 Å². The first-order valence-corrected chi connectivity index (χ1v) is 6.62. The largest absolute Gasteiger partial charge is 0.343 e. The monoisotopic (exact) mass is 321 g/mol. The van der Waals surface area contributed by atoms with Crippen LogP contribution in [0.5, 0.6) is 0 Å². The van der Waals surface area contributed by atoms with E-state index in [1.165, 1.54) is 12.1 Å². The minimum atomic E-state index is -0.285. The number of aromatic nitrogens is 1. The average Bonchev–Trinajstić information content (AvgIpc) is 2.79. The van der Waals surface area contributed by atoms with Gasteiger partial charge in [-0.05, 0) is 51.8 Å². The maximum atomic E-state index is 13.6. The Balaban J connectivity index is 2.01. The van der Waals surface area contributed by atoms with Gasteiger partial charge in [0.2, 0.25) is 0 Å². The van der Waals surface area contributed by atoms with Gasteiger partial charge in [-0.3, -0.25) is 0 Å². The number of fused-ring (bicyclic) bond motifs is 1. The molecule has 1 nitrogen and oxygen atoms in total. The van der Waals surface area contributed by atoms with Crippen LogP contribution in [0.25, 0.3) is 10.9 Å². The van der Waals surface area contributed by atoms with Crippen LogP contribution in [0.3, 0.4) is 0 Å². The first-order chi connectivity index (χ1) is 9.15. The lowest BCUT2D eigenvalue weighted by Crippen LogP contribution is -1.98. The summed E-state index contributed by atoms with van der Waals surface area (Å²) in [6, 6.07) is 11.6. The zero-order valence-corrected chi connectivity index (χ0v) is 11.5. The van der Waals surface area contributed by atoms with Crippen molar-refractivity contribution in [3.05, 3.63) is 70.3 Å². The van der Waals surface area contributed by atoms with E-state index in [-0.39, 0.29) is 11.6 Å². The molecule has 0 unspecified atom stereocenters. The zero-order valence-electron chi connectivity index (χ0n) is 9.91. The third-order valence-corrected chi connectivity index (χ3v) is 3.71. The SMILES string of the molecule is Fc1ccc(Cn2ccc3c(F)cccc32)cc1Br. The van der Waals surface area contributed by atoms with Gasteiger partial charge in [0, 0.05) is 18.1 Å². The van der Waals surface area contributed by atoms with Crippen LogP contribution in [0.1, 0.15) is 5.56 Å². The Labute approximate surface area is 117 Å². The molecule has 0 spiro atoms. The average molecular weight is 322 g/mol. The summed E-state index contributed by atoms with van der Waals surface area (Å²) in [7, 11) is 0. The molecule has 0 N–H and O–H groups in total. The number of hydrogen-bond acceptors (Lipinski definition) is 0. The van der Waals surface area contributed by atoms with Crippen molar-refractivity contribution in [1.29, 1.82) is 0 Å². The highest BCUT2D eigenvalue weighted by molar-refractivity contribution is 9.10. The zero-order chi connectivity index (χ0) is 13.4. The van der Waals surface area contributed by atoms with Crippen LogP contribution >= 0.6 is 15.9 Å². The number of rotatable bonds is 2. The Morgan fingerprint density at radius 3 is 2.63 bits per heavy atom. The summed E-state index contributed by atoms with van der Waals surface area (Å²) in [5.41, 5.74) is 1.79. The van der Waals surface area contributed by atoms with Crippen molar-refractivity contribution in [3.63, 3.8) is 0 Å². The van der Waals surface area contributed by atoms with Gasteiger partial charge >= 0.3 is 0 Å². The highest BCUT2D eigenvalue weighted by Gasteiger charge is 2.06. The summed E-state index contributed by atoms with van der Waals surface area (Å²) in [5, 5.41) is 0.601. The van der Waals surface area contributed by atoms with Crippen molar-refractivity contribution in [2.75, 3.05) is 0 Å². The molecule has 0 atom stereocenters. The van der Waals surface area contributed by atoms with E-state index < -0.39 is 0 Å². The van der Waals surface area contributed by atoms with Crippen LogP contribution in [0, 0.1) is 11.6 Å². The van der Waals surface area contributed by atoms with Crippen molar-refractivity contribution >= 4 is 26.8 Å². The van der Waals surface area contributed by atoms with Gasteiger partial charge in [0.15, 0.2) is 0 Å². The third-order valence-electron chi connectivity index (χ3n) is 3.10. The van der Waals surface area contributed by atoms with E-state index in [2.05, 4.69) is 15.9 Å². The fraction of sp³-hybridized carbons (Fsp3) is 0.0667. The molecule has 1 aromatic heterocycles. The third kappa shape index (κ3) is 2.28. The predicted molar refractivity (Wildman–Crippen MR) is 75.1 cm³/mol. The van der Waals surface area contributed by atoms with Crippen LogP contribution in [0.15, 0.2) is 53.1 Å². The van der Waals surface area contributed by atoms with Gasteiger partial charge in [0.1, 0.15) is 11.6 Å². The number of benzene rings is 2. The molecule has 96 valence electrons. The van der Waals surface area contributed by atoms with Gasteiger partial charge < -0.3 is 4.57 Å². The van der Waals surface area contributed by atoms with Gasteiger partial charge in [-0.25, -0.2) is 8.78 Å². The summed E-state index contributed by atoms with van der Waals surface area (Å²) in [6.45, 7) is 0.575.